The standard InChI is InChI=1S/C13H18N4O3/c1-8(2)12-15-5-3-4-6-16(15)13(20)10-11(19)9(18)7-14-17(10)12/h7-8,12,19H,3-6H2,1-2H3. The first-order chi connectivity index (χ1) is 9.52. The lowest BCUT2D eigenvalue weighted by Gasteiger charge is -2.48. The number of aromatic nitrogens is 2. The lowest BCUT2D eigenvalue weighted by Crippen LogP contribution is -2.59. The Labute approximate surface area is 116 Å². The zero-order valence-corrected chi connectivity index (χ0v) is 11.6. The van der Waals surface area contributed by atoms with Crippen LogP contribution in [-0.2, 0) is 0 Å². The second-order valence-corrected chi connectivity index (χ2v) is 5.61. The molecule has 3 rings (SSSR count). The number of carbonyl (C=O) groups excluding carboxylic acids is 1. The van der Waals surface area contributed by atoms with E-state index in [0.29, 0.717) is 6.54 Å². The van der Waals surface area contributed by atoms with E-state index < -0.39 is 11.2 Å². The minimum Gasteiger partial charge on any atom is -0.502 e. The number of aromatic hydroxyl groups is 1. The minimum atomic E-state index is -0.613. The Hall–Kier alpha value is -1.89. The molecule has 1 N–H and O–H groups in total. The third-order valence-electron chi connectivity index (χ3n) is 3.89. The Morgan fingerprint density at radius 2 is 2.00 bits per heavy atom. The maximum absolute atomic E-state index is 12.5. The SMILES string of the molecule is CC(C)C1N2CCCCN2C(=O)c2c(O)c(=O)cnn21. The van der Waals surface area contributed by atoms with E-state index in [0.717, 1.165) is 25.6 Å². The molecule has 1 aromatic heterocycles. The molecule has 0 bridgehead atoms. The van der Waals surface area contributed by atoms with Crippen molar-refractivity contribution in [3.8, 4) is 5.75 Å². The third-order valence-corrected chi connectivity index (χ3v) is 3.89. The van der Waals surface area contributed by atoms with Gasteiger partial charge >= 0.3 is 0 Å². The second kappa shape index (κ2) is 4.59. The van der Waals surface area contributed by atoms with Crippen LogP contribution in [-0.4, -0.2) is 43.9 Å². The molecule has 1 atom stereocenters. The van der Waals surface area contributed by atoms with Crippen molar-refractivity contribution >= 4 is 5.91 Å². The van der Waals surface area contributed by atoms with E-state index in [2.05, 4.69) is 5.10 Å². The van der Waals surface area contributed by atoms with Gasteiger partial charge in [-0.3, -0.25) is 14.6 Å². The number of amides is 1. The fraction of sp³-hybridized carbons (Fsp3) is 0.615. The zero-order chi connectivity index (χ0) is 14.4. The lowest BCUT2D eigenvalue weighted by atomic mass is 10.1. The normalized spacial score (nSPS) is 22.9. The molecule has 1 amide bonds. The number of carbonyl (C=O) groups is 1. The first-order valence-corrected chi connectivity index (χ1v) is 6.91. The molecule has 2 aliphatic rings. The van der Waals surface area contributed by atoms with Gasteiger partial charge in [0, 0.05) is 13.1 Å². The van der Waals surface area contributed by atoms with Crippen molar-refractivity contribution in [2.75, 3.05) is 13.1 Å². The minimum absolute atomic E-state index is 0.00866. The number of rotatable bonds is 1. The highest BCUT2D eigenvalue weighted by Crippen LogP contribution is 2.34. The Balaban J connectivity index is 2.22. The summed E-state index contributed by atoms with van der Waals surface area (Å²) in [6, 6.07) is 0. The van der Waals surface area contributed by atoms with Crippen LogP contribution in [0.15, 0.2) is 11.0 Å². The molecule has 0 spiro atoms. The number of hydrogen-bond acceptors (Lipinski definition) is 5. The van der Waals surface area contributed by atoms with E-state index in [9.17, 15) is 14.7 Å². The Bertz CT molecular complexity index is 610. The van der Waals surface area contributed by atoms with Crippen LogP contribution in [0.1, 0.15) is 43.3 Å². The van der Waals surface area contributed by atoms with Crippen LogP contribution in [0.3, 0.4) is 0 Å². The van der Waals surface area contributed by atoms with Gasteiger partial charge in [-0.2, -0.15) is 10.1 Å². The van der Waals surface area contributed by atoms with Crippen LogP contribution in [0, 0.1) is 5.92 Å². The van der Waals surface area contributed by atoms with E-state index in [-0.39, 0.29) is 23.7 Å². The number of nitrogens with zero attached hydrogens (tertiary/aromatic N) is 4. The third kappa shape index (κ3) is 1.73. The Morgan fingerprint density at radius 3 is 2.70 bits per heavy atom. The predicted octanol–water partition coefficient (Wildman–Crippen LogP) is 0.570. The molecule has 1 fully saturated rings. The van der Waals surface area contributed by atoms with Crippen molar-refractivity contribution < 1.29 is 9.90 Å². The van der Waals surface area contributed by atoms with E-state index in [1.807, 2.05) is 18.9 Å². The molecule has 108 valence electrons. The molecule has 7 nitrogen and oxygen atoms in total. The fourth-order valence-corrected chi connectivity index (χ4v) is 3.01. The smallest absolute Gasteiger partial charge is 0.290 e. The summed E-state index contributed by atoms with van der Waals surface area (Å²) < 4.78 is 1.49. The maximum atomic E-state index is 12.5. The maximum Gasteiger partial charge on any atom is 0.290 e. The van der Waals surface area contributed by atoms with Crippen molar-refractivity contribution in [1.29, 1.82) is 0 Å². The molecule has 0 radical (unpaired) electrons. The van der Waals surface area contributed by atoms with Gasteiger partial charge in [-0.05, 0) is 18.8 Å². The van der Waals surface area contributed by atoms with Crippen LogP contribution in [0.25, 0.3) is 0 Å². The Morgan fingerprint density at radius 1 is 1.30 bits per heavy atom. The van der Waals surface area contributed by atoms with Crippen molar-refractivity contribution in [2.45, 2.75) is 32.9 Å². The molecule has 0 aliphatic carbocycles. The summed E-state index contributed by atoms with van der Waals surface area (Å²) in [5.74, 6) is -0.651. The number of hydrogen-bond donors (Lipinski definition) is 1. The lowest BCUT2D eigenvalue weighted by molar-refractivity contribution is -0.113. The quantitative estimate of drug-likeness (QED) is 0.812. The fourth-order valence-electron chi connectivity index (χ4n) is 3.01. The van der Waals surface area contributed by atoms with Gasteiger partial charge in [0.15, 0.2) is 11.4 Å². The van der Waals surface area contributed by atoms with Crippen molar-refractivity contribution in [3.05, 3.63) is 22.1 Å². The van der Waals surface area contributed by atoms with E-state index >= 15 is 0 Å². The number of hydrazine groups is 1. The monoisotopic (exact) mass is 278 g/mol. The van der Waals surface area contributed by atoms with Crippen molar-refractivity contribution in [2.24, 2.45) is 5.92 Å². The molecular formula is C13H18N4O3. The van der Waals surface area contributed by atoms with Crippen molar-refractivity contribution in [1.82, 2.24) is 19.8 Å². The van der Waals surface area contributed by atoms with Gasteiger partial charge in [0.05, 0.1) is 6.20 Å². The number of fused-ring (bicyclic) bond motifs is 2. The summed E-state index contributed by atoms with van der Waals surface area (Å²) in [6.45, 7) is 5.47. The van der Waals surface area contributed by atoms with E-state index in [1.165, 1.54) is 4.68 Å². The van der Waals surface area contributed by atoms with Gasteiger partial charge in [-0.15, -0.1) is 0 Å². The molecule has 7 heteroatoms. The summed E-state index contributed by atoms with van der Waals surface area (Å²) in [7, 11) is 0. The molecular weight excluding hydrogens is 260 g/mol. The first kappa shape index (κ1) is 13.1. The first-order valence-electron chi connectivity index (χ1n) is 6.91. The van der Waals surface area contributed by atoms with Crippen LogP contribution < -0.4 is 5.43 Å². The molecule has 3 heterocycles. The molecule has 2 aliphatic heterocycles. The summed E-state index contributed by atoms with van der Waals surface area (Å²) in [5, 5.41) is 17.7. The molecule has 0 aromatic carbocycles. The summed E-state index contributed by atoms with van der Waals surface area (Å²) in [4.78, 5) is 24.1. The Kier molecular flexibility index (Phi) is 3.01. The summed E-state index contributed by atoms with van der Waals surface area (Å²) in [6.07, 6.45) is 2.86. The summed E-state index contributed by atoms with van der Waals surface area (Å²) >= 11 is 0. The van der Waals surface area contributed by atoms with Gasteiger partial charge in [0.2, 0.25) is 5.43 Å². The molecule has 0 saturated carbocycles. The van der Waals surface area contributed by atoms with Gasteiger partial charge in [0.25, 0.3) is 5.91 Å². The van der Waals surface area contributed by atoms with E-state index in [4.69, 9.17) is 0 Å². The van der Waals surface area contributed by atoms with Crippen LogP contribution in [0.2, 0.25) is 0 Å². The van der Waals surface area contributed by atoms with Crippen LogP contribution in [0.4, 0.5) is 0 Å². The van der Waals surface area contributed by atoms with Gasteiger partial charge in [-0.25, -0.2) is 4.68 Å². The second-order valence-electron chi connectivity index (χ2n) is 5.61. The van der Waals surface area contributed by atoms with E-state index in [1.54, 1.807) is 5.01 Å². The highest BCUT2D eigenvalue weighted by molar-refractivity contribution is 5.95. The molecule has 1 saturated heterocycles. The van der Waals surface area contributed by atoms with Crippen molar-refractivity contribution in [3.63, 3.8) is 0 Å². The average molecular weight is 278 g/mol. The highest BCUT2D eigenvalue weighted by atomic mass is 16.3. The predicted molar refractivity (Wildman–Crippen MR) is 71.0 cm³/mol. The average Bonchev–Trinajstić information content (AvgIpc) is 2.42. The largest absolute Gasteiger partial charge is 0.502 e. The van der Waals surface area contributed by atoms with Crippen LogP contribution in [0.5, 0.6) is 5.75 Å². The molecule has 1 unspecified atom stereocenters. The highest BCUT2D eigenvalue weighted by Gasteiger charge is 2.42. The van der Waals surface area contributed by atoms with Gasteiger partial charge in [0.1, 0.15) is 6.17 Å². The van der Waals surface area contributed by atoms with Gasteiger partial charge < -0.3 is 5.11 Å². The topological polar surface area (TPSA) is 78.7 Å². The summed E-state index contributed by atoms with van der Waals surface area (Å²) in [5.41, 5.74) is -0.605. The van der Waals surface area contributed by atoms with Crippen LogP contribution >= 0.6 is 0 Å². The van der Waals surface area contributed by atoms with Gasteiger partial charge in [-0.1, -0.05) is 13.8 Å². The molecule has 20 heavy (non-hydrogen) atoms. The molecule has 1 aromatic rings. The zero-order valence-electron chi connectivity index (χ0n) is 11.6.